The van der Waals surface area contributed by atoms with Crippen molar-refractivity contribution in [2.45, 2.75) is 6.17 Å². The number of amidine groups is 1. The molecule has 2 unspecified atom stereocenters. The molecule has 2 amide bonds. The van der Waals surface area contributed by atoms with Gasteiger partial charge in [0.25, 0.3) is 0 Å². The lowest BCUT2D eigenvalue weighted by molar-refractivity contribution is -0.123. The van der Waals surface area contributed by atoms with Gasteiger partial charge in [-0.25, -0.2) is 10.4 Å². The Hall–Kier alpha value is -1.61. The van der Waals surface area contributed by atoms with Crippen molar-refractivity contribution in [3.63, 3.8) is 0 Å². The predicted molar refractivity (Wildman–Crippen MR) is 86.5 cm³/mol. The van der Waals surface area contributed by atoms with Gasteiger partial charge in [-0.2, -0.15) is 0 Å². The molecular formula is C13H14ClN5O2S. The second-order valence-electron chi connectivity index (χ2n) is 4.84. The number of fused-ring (bicyclic) bond motifs is 1. The van der Waals surface area contributed by atoms with E-state index in [1.165, 1.54) is 11.8 Å². The molecule has 9 heteroatoms. The van der Waals surface area contributed by atoms with Crippen LogP contribution in [0.5, 0.6) is 0 Å². The van der Waals surface area contributed by atoms with Crippen LogP contribution in [-0.4, -0.2) is 35.4 Å². The van der Waals surface area contributed by atoms with E-state index < -0.39 is 0 Å². The van der Waals surface area contributed by atoms with Crippen molar-refractivity contribution in [3.05, 3.63) is 29.3 Å². The molecule has 1 fully saturated rings. The van der Waals surface area contributed by atoms with Gasteiger partial charge in [-0.05, 0) is 24.3 Å². The average molecular weight is 340 g/mol. The highest BCUT2D eigenvalue weighted by molar-refractivity contribution is 8.14. The van der Waals surface area contributed by atoms with Gasteiger partial charge >= 0.3 is 0 Å². The normalized spacial score (nSPS) is 23.5. The van der Waals surface area contributed by atoms with Crippen LogP contribution in [0.25, 0.3) is 0 Å². The van der Waals surface area contributed by atoms with E-state index in [1.54, 1.807) is 24.3 Å². The number of hydrogen-bond donors (Lipinski definition) is 4. The first-order chi connectivity index (χ1) is 10.6. The lowest BCUT2D eigenvalue weighted by Gasteiger charge is -2.21. The Morgan fingerprint density at radius 3 is 2.95 bits per heavy atom. The monoisotopic (exact) mass is 339 g/mol. The number of hydrazine groups is 1. The summed E-state index contributed by atoms with van der Waals surface area (Å²) in [4.78, 5) is 28.1. The molecule has 0 radical (unpaired) electrons. The molecule has 1 aromatic carbocycles. The smallest absolute Gasteiger partial charge is 0.234 e. The van der Waals surface area contributed by atoms with Crippen LogP contribution in [-0.2, 0) is 9.59 Å². The average Bonchev–Trinajstić information content (AvgIpc) is 2.97. The van der Waals surface area contributed by atoms with Gasteiger partial charge in [0.1, 0.15) is 6.17 Å². The Bertz CT molecular complexity index is 621. The summed E-state index contributed by atoms with van der Waals surface area (Å²) in [7, 11) is 0. The van der Waals surface area contributed by atoms with Gasteiger partial charge < -0.3 is 10.6 Å². The summed E-state index contributed by atoms with van der Waals surface area (Å²) in [6.07, 6.45) is -0.268. The molecular weight excluding hydrogens is 326 g/mol. The number of benzene rings is 1. The SMILES string of the molecule is O=C(CSC1=NC2NNCC2C(=O)N1)Nc1ccc(Cl)cc1. The molecule has 2 atom stereocenters. The molecule has 0 aliphatic carbocycles. The van der Waals surface area contributed by atoms with Crippen molar-refractivity contribution in [1.82, 2.24) is 16.2 Å². The number of thioether (sulfide) groups is 1. The molecule has 3 rings (SSSR count). The standard InChI is InChI=1S/C13H14ClN5O2S/c14-7-1-3-8(4-2-7)16-10(20)6-22-13-17-11-9(5-15-19-11)12(21)18-13/h1-4,9,11,15,19H,5-6H2,(H,16,20)(H,17,18,21). The maximum absolute atomic E-state index is 11.9. The third kappa shape index (κ3) is 3.58. The number of carbonyl (C=O) groups is 2. The van der Waals surface area contributed by atoms with Gasteiger partial charge in [-0.3, -0.25) is 15.0 Å². The van der Waals surface area contributed by atoms with E-state index in [-0.39, 0.29) is 29.7 Å². The Morgan fingerprint density at radius 2 is 2.18 bits per heavy atom. The minimum atomic E-state index is -0.268. The quantitative estimate of drug-likeness (QED) is 0.645. The van der Waals surface area contributed by atoms with E-state index in [1.807, 2.05) is 0 Å². The van der Waals surface area contributed by atoms with Gasteiger partial charge in [0.05, 0.1) is 11.7 Å². The van der Waals surface area contributed by atoms with E-state index in [4.69, 9.17) is 11.6 Å². The van der Waals surface area contributed by atoms with E-state index >= 15 is 0 Å². The highest BCUT2D eigenvalue weighted by atomic mass is 35.5. The van der Waals surface area contributed by atoms with Crippen LogP contribution in [0.1, 0.15) is 0 Å². The number of hydrogen-bond acceptors (Lipinski definition) is 6. The Balaban J connectivity index is 1.52. The number of rotatable bonds is 3. The maximum atomic E-state index is 11.9. The number of carbonyl (C=O) groups excluding carboxylic acids is 2. The lowest BCUT2D eigenvalue weighted by Crippen LogP contribution is -2.46. The molecule has 2 aliphatic heterocycles. The van der Waals surface area contributed by atoms with Crippen LogP contribution < -0.4 is 21.5 Å². The minimum absolute atomic E-state index is 0.0851. The molecule has 0 aromatic heterocycles. The van der Waals surface area contributed by atoms with Crippen LogP contribution in [0.2, 0.25) is 5.02 Å². The first-order valence-electron chi connectivity index (χ1n) is 6.67. The summed E-state index contributed by atoms with van der Waals surface area (Å²) in [5.74, 6) is -0.304. The van der Waals surface area contributed by atoms with Crippen LogP contribution in [0.15, 0.2) is 29.3 Å². The number of halogens is 1. The summed E-state index contributed by atoms with van der Waals surface area (Å²) in [5, 5.41) is 6.53. The summed E-state index contributed by atoms with van der Waals surface area (Å²) in [5.41, 5.74) is 6.50. The Labute approximate surface area is 136 Å². The zero-order valence-electron chi connectivity index (χ0n) is 11.4. The van der Waals surface area contributed by atoms with Crippen molar-refractivity contribution in [2.75, 3.05) is 17.6 Å². The summed E-state index contributed by atoms with van der Waals surface area (Å²) >= 11 is 6.98. The third-order valence-corrected chi connectivity index (χ3v) is 4.38. The fourth-order valence-electron chi connectivity index (χ4n) is 2.14. The lowest BCUT2D eigenvalue weighted by atomic mass is 10.1. The Kier molecular flexibility index (Phi) is 4.63. The Morgan fingerprint density at radius 1 is 1.41 bits per heavy atom. The van der Waals surface area contributed by atoms with Gasteiger partial charge in [0.15, 0.2) is 5.17 Å². The summed E-state index contributed by atoms with van der Waals surface area (Å²) < 4.78 is 0. The van der Waals surface area contributed by atoms with Gasteiger partial charge in [-0.1, -0.05) is 23.4 Å². The summed E-state index contributed by atoms with van der Waals surface area (Å²) in [6, 6.07) is 6.86. The van der Waals surface area contributed by atoms with Crippen molar-refractivity contribution >= 4 is 46.0 Å². The largest absolute Gasteiger partial charge is 0.325 e. The second kappa shape index (κ2) is 6.66. The second-order valence-corrected chi connectivity index (χ2v) is 6.24. The third-order valence-electron chi connectivity index (χ3n) is 3.24. The molecule has 2 heterocycles. The molecule has 2 aliphatic rings. The van der Waals surface area contributed by atoms with Gasteiger partial charge in [-0.15, -0.1) is 0 Å². The van der Waals surface area contributed by atoms with Crippen LogP contribution >= 0.6 is 23.4 Å². The number of amides is 2. The van der Waals surface area contributed by atoms with Crippen molar-refractivity contribution in [3.8, 4) is 0 Å². The first kappa shape index (κ1) is 15.3. The van der Waals surface area contributed by atoms with E-state index in [2.05, 4.69) is 26.5 Å². The van der Waals surface area contributed by atoms with Crippen molar-refractivity contribution in [2.24, 2.45) is 10.9 Å². The molecule has 0 saturated carbocycles. The van der Waals surface area contributed by atoms with Crippen molar-refractivity contribution in [1.29, 1.82) is 0 Å². The van der Waals surface area contributed by atoms with Gasteiger partial charge in [0, 0.05) is 17.3 Å². The zero-order valence-corrected chi connectivity index (χ0v) is 13.0. The minimum Gasteiger partial charge on any atom is -0.325 e. The van der Waals surface area contributed by atoms with E-state index in [0.29, 0.717) is 22.4 Å². The number of aliphatic imine (C=N–C) groups is 1. The van der Waals surface area contributed by atoms with Crippen molar-refractivity contribution < 1.29 is 9.59 Å². The molecule has 22 heavy (non-hydrogen) atoms. The number of anilines is 1. The molecule has 4 N–H and O–H groups in total. The van der Waals surface area contributed by atoms with Crippen LogP contribution in [0.4, 0.5) is 5.69 Å². The van der Waals surface area contributed by atoms with Gasteiger partial charge in [0.2, 0.25) is 11.8 Å². The number of nitrogens with zero attached hydrogens (tertiary/aromatic N) is 1. The molecule has 0 spiro atoms. The summed E-state index contributed by atoms with van der Waals surface area (Å²) in [6.45, 7) is 0.551. The highest BCUT2D eigenvalue weighted by Crippen LogP contribution is 2.18. The van der Waals surface area contributed by atoms with E-state index in [0.717, 1.165) is 0 Å². The molecule has 0 bridgehead atoms. The maximum Gasteiger partial charge on any atom is 0.234 e. The molecule has 1 aromatic rings. The zero-order chi connectivity index (χ0) is 15.5. The number of nitrogens with one attached hydrogen (secondary N) is 4. The fourth-order valence-corrected chi connectivity index (χ4v) is 2.97. The molecule has 116 valence electrons. The first-order valence-corrected chi connectivity index (χ1v) is 8.03. The van der Waals surface area contributed by atoms with Crippen LogP contribution in [0, 0.1) is 5.92 Å². The highest BCUT2D eigenvalue weighted by Gasteiger charge is 2.36. The molecule has 7 nitrogen and oxygen atoms in total. The predicted octanol–water partition coefficient (Wildman–Crippen LogP) is 0.548. The fraction of sp³-hybridized carbons (Fsp3) is 0.308. The molecule has 1 saturated heterocycles. The van der Waals surface area contributed by atoms with Crippen LogP contribution in [0.3, 0.4) is 0 Å². The topological polar surface area (TPSA) is 94.6 Å². The van der Waals surface area contributed by atoms with E-state index in [9.17, 15) is 9.59 Å².